The molecule has 2 fully saturated rings. The third-order valence-electron chi connectivity index (χ3n) is 3.95. The number of piperidine rings is 1. The quantitative estimate of drug-likeness (QED) is 0.742. The molecule has 2 aliphatic heterocycles. The lowest BCUT2D eigenvalue weighted by atomic mass is 9.92. The highest BCUT2D eigenvalue weighted by atomic mass is 16.5. The molecule has 0 radical (unpaired) electrons. The summed E-state index contributed by atoms with van der Waals surface area (Å²) in [5.41, 5.74) is 0. The van der Waals surface area contributed by atoms with Crippen molar-refractivity contribution in [1.82, 2.24) is 10.2 Å². The maximum Gasteiger partial charge on any atom is 0.0826 e. The van der Waals surface area contributed by atoms with Crippen molar-refractivity contribution in [3.05, 3.63) is 0 Å². The van der Waals surface area contributed by atoms with Gasteiger partial charge in [0.1, 0.15) is 0 Å². The summed E-state index contributed by atoms with van der Waals surface area (Å²) in [7, 11) is 0. The summed E-state index contributed by atoms with van der Waals surface area (Å²) in [5, 5.41) is 3.40. The van der Waals surface area contributed by atoms with Gasteiger partial charge in [-0.25, -0.2) is 0 Å². The number of hydrogen-bond acceptors (Lipinski definition) is 3. The molecule has 3 nitrogen and oxygen atoms in total. The van der Waals surface area contributed by atoms with Gasteiger partial charge in [0.25, 0.3) is 0 Å². The highest BCUT2D eigenvalue weighted by molar-refractivity contribution is 4.81. The second-order valence-electron chi connectivity index (χ2n) is 5.05. The largest absolute Gasteiger partial charge is 0.374 e. The minimum atomic E-state index is 0.409. The summed E-state index contributed by atoms with van der Waals surface area (Å²) in [6, 6.07) is 0.726. The van der Waals surface area contributed by atoms with E-state index in [0.717, 1.165) is 38.2 Å². The lowest BCUT2D eigenvalue weighted by molar-refractivity contribution is -0.0145. The second kappa shape index (κ2) is 5.28. The number of likely N-dealkylation sites (tertiary alicyclic amines) is 1. The molecule has 0 aromatic heterocycles. The van der Waals surface area contributed by atoms with E-state index in [1.54, 1.807) is 0 Å². The Kier molecular flexibility index (Phi) is 4.00. The van der Waals surface area contributed by atoms with E-state index in [0.29, 0.717) is 6.10 Å². The first-order valence-corrected chi connectivity index (χ1v) is 6.33. The molecule has 2 saturated heterocycles. The van der Waals surface area contributed by atoms with Gasteiger partial charge in [-0.2, -0.15) is 0 Å². The number of nitrogens with zero attached hydrogens (tertiary/aromatic N) is 1. The van der Waals surface area contributed by atoms with Crippen LogP contribution in [0.2, 0.25) is 0 Å². The summed E-state index contributed by atoms with van der Waals surface area (Å²) in [6.45, 7) is 10.0. The van der Waals surface area contributed by atoms with Crippen LogP contribution in [0, 0.1) is 5.92 Å². The molecule has 2 rings (SSSR count). The van der Waals surface area contributed by atoms with E-state index in [1.807, 2.05) is 0 Å². The first kappa shape index (κ1) is 11.4. The Labute approximate surface area is 93.2 Å². The number of morpholine rings is 1. The summed E-state index contributed by atoms with van der Waals surface area (Å²) >= 11 is 0. The van der Waals surface area contributed by atoms with Gasteiger partial charge in [-0.3, -0.25) is 4.90 Å². The molecule has 2 aliphatic rings. The summed E-state index contributed by atoms with van der Waals surface area (Å²) < 4.78 is 5.76. The number of rotatable bonds is 2. The molecule has 0 amide bonds. The molecule has 1 N–H and O–H groups in total. The molecule has 0 bridgehead atoms. The second-order valence-corrected chi connectivity index (χ2v) is 5.05. The first-order valence-electron chi connectivity index (χ1n) is 6.33. The van der Waals surface area contributed by atoms with Gasteiger partial charge in [0.15, 0.2) is 0 Å². The normalized spacial score (nSPS) is 39.2. The van der Waals surface area contributed by atoms with Crippen molar-refractivity contribution in [1.29, 1.82) is 0 Å². The highest BCUT2D eigenvalue weighted by Gasteiger charge is 2.27. The molecule has 3 unspecified atom stereocenters. The number of hydrogen-bond donors (Lipinski definition) is 1. The zero-order chi connectivity index (χ0) is 10.7. The van der Waals surface area contributed by atoms with Gasteiger partial charge >= 0.3 is 0 Å². The molecule has 2 heterocycles. The predicted molar refractivity (Wildman–Crippen MR) is 62.0 cm³/mol. The molecule has 0 aromatic rings. The van der Waals surface area contributed by atoms with Crippen LogP contribution in [0.5, 0.6) is 0 Å². The Balaban J connectivity index is 1.81. The molecule has 3 atom stereocenters. The zero-order valence-corrected chi connectivity index (χ0v) is 10.0. The average Bonchev–Trinajstić information content (AvgIpc) is 2.26. The summed E-state index contributed by atoms with van der Waals surface area (Å²) in [4.78, 5) is 2.60. The van der Waals surface area contributed by atoms with Crippen molar-refractivity contribution >= 4 is 0 Å². The molecule has 3 heteroatoms. The molecule has 15 heavy (non-hydrogen) atoms. The predicted octanol–water partition coefficient (Wildman–Crippen LogP) is 1.10. The summed E-state index contributed by atoms with van der Waals surface area (Å²) in [6.07, 6.45) is 3.15. The van der Waals surface area contributed by atoms with E-state index in [1.165, 1.54) is 19.4 Å². The third kappa shape index (κ3) is 2.92. The smallest absolute Gasteiger partial charge is 0.0826 e. The Morgan fingerprint density at radius 3 is 3.00 bits per heavy atom. The Morgan fingerprint density at radius 1 is 1.40 bits per heavy atom. The molecule has 0 saturated carbocycles. The molecule has 0 spiro atoms. The molecule has 0 aromatic carbocycles. The fraction of sp³-hybridized carbons (Fsp3) is 1.00. The Bertz CT molecular complexity index is 192. The van der Waals surface area contributed by atoms with Gasteiger partial charge in [0, 0.05) is 25.7 Å². The van der Waals surface area contributed by atoms with Gasteiger partial charge in [-0.05, 0) is 32.2 Å². The molecular formula is C12H24N2O. The van der Waals surface area contributed by atoms with Gasteiger partial charge in [0.05, 0.1) is 12.7 Å². The minimum Gasteiger partial charge on any atom is -0.374 e. The van der Waals surface area contributed by atoms with E-state index in [9.17, 15) is 0 Å². The maximum atomic E-state index is 5.76. The van der Waals surface area contributed by atoms with E-state index in [2.05, 4.69) is 24.1 Å². The van der Waals surface area contributed by atoms with E-state index in [4.69, 9.17) is 4.74 Å². The minimum absolute atomic E-state index is 0.409. The monoisotopic (exact) mass is 212 g/mol. The van der Waals surface area contributed by atoms with E-state index in [-0.39, 0.29) is 0 Å². The van der Waals surface area contributed by atoms with Crippen LogP contribution < -0.4 is 5.32 Å². The van der Waals surface area contributed by atoms with Crippen molar-refractivity contribution in [2.45, 2.75) is 38.8 Å². The lowest BCUT2D eigenvalue weighted by Gasteiger charge is -2.40. The van der Waals surface area contributed by atoms with E-state index >= 15 is 0 Å². The Hall–Kier alpha value is -0.120. The Morgan fingerprint density at radius 2 is 2.27 bits per heavy atom. The zero-order valence-electron chi connectivity index (χ0n) is 10.0. The van der Waals surface area contributed by atoms with Crippen LogP contribution in [0.4, 0.5) is 0 Å². The van der Waals surface area contributed by atoms with Crippen LogP contribution in [0.3, 0.4) is 0 Å². The van der Waals surface area contributed by atoms with Gasteiger partial charge in [0.2, 0.25) is 0 Å². The molecular weight excluding hydrogens is 188 g/mol. The van der Waals surface area contributed by atoms with Crippen LogP contribution in [-0.2, 0) is 4.74 Å². The molecule has 88 valence electrons. The molecule has 0 aliphatic carbocycles. The van der Waals surface area contributed by atoms with Crippen LogP contribution in [0.1, 0.15) is 26.7 Å². The van der Waals surface area contributed by atoms with Crippen molar-refractivity contribution in [3.8, 4) is 0 Å². The van der Waals surface area contributed by atoms with Gasteiger partial charge in [-0.15, -0.1) is 0 Å². The van der Waals surface area contributed by atoms with Crippen molar-refractivity contribution in [2.75, 3.05) is 32.8 Å². The van der Waals surface area contributed by atoms with Crippen LogP contribution >= 0.6 is 0 Å². The lowest BCUT2D eigenvalue weighted by Crippen LogP contribution is -2.50. The standard InChI is InChI=1S/C12H24N2O/c1-10-4-3-6-14(11(10)2)9-12-8-13-5-7-15-12/h10-13H,3-9H2,1-2H3. The fourth-order valence-corrected chi connectivity index (χ4v) is 2.68. The topological polar surface area (TPSA) is 24.5 Å². The van der Waals surface area contributed by atoms with Gasteiger partial charge in [-0.1, -0.05) is 6.92 Å². The maximum absolute atomic E-state index is 5.76. The third-order valence-corrected chi connectivity index (χ3v) is 3.95. The van der Waals surface area contributed by atoms with Crippen molar-refractivity contribution in [3.63, 3.8) is 0 Å². The van der Waals surface area contributed by atoms with Crippen molar-refractivity contribution < 1.29 is 4.74 Å². The number of nitrogens with one attached hydrogen (secondary N) is 1. The summed E-state index contributed by atoms with van der Waals surface area (Å²) in [5.74, 6) is 0.843. The van der Waals surface area contributed by atoms with Crippen molar-refractivity contribution in [2.24, 2.45) is 5.92 Å². The van der Waals surface area contributed by atoms with Crippen LogP contribution in [0.25, 0.3) is 0 Å². The van der Waals surface area contributed by atoms with E-state index < -0.39 is 0 Å². The van der Waals surface area contributed by atoms with Crippen LogP contribution in [-0.4, -0.2) is 49.8 Å². The fourth-order valence-electron chi connectivity index (χ4n) is 2.68. The SMILES string of the molecule is CC1CCCN(CC2CNCCO2)C1C. The van der Waals surface area contributed by atoms with Crippen LogP contribution in [0.15, 0.2) is 0 Å². The van der Waals surface area contributed by atoms with Gasteiger partial charge < -0.3 is 10.1 Å². The highest BCUT2D eigenvalue weighted by Crippen LogP contribution is 2.23. The first-order chi connectivity index (χ1) is 7.27. The number of ether oxygens (including phenoxy) is 1. The average molecular weight is 212 g/mol.